The molecule has 4 aromatic rings. The zero-order valence-electron chi connectivity index (χ0n) is 17.8. The van der Waals surface area contributed by atoms with E-state index in [1.165, 1.54) is 12.1 Å². The van der Waals surface area contributed by atoms with Gasteiger partial charge < -0.3 is 5.32 Å². The number of fused-ring (bicyclic) bond motifs is 1. The van der Waals surface area contributed by atoms with Crippen LogP contribution in [0.15, 0.2) is 77.7 Å². The maximum Gasteiger partial charge on any atom is 0.200 e. The van der Waals surface area contributed by atoms with E-state index in [1.54, 1.807) is 30.3 Å². The molecule has 6 nitrogen and oxygen atoms in total. The molecule has 7 heteroatoms. The Kier molecular flexibility index (Phi) is 5.89. The first kappa shape index (κ1) is 21.5. The van der Waals surface area contributed by atoms with E-state index in [-0.39, 0.29) is 16.4 Å². The molecule has 3 aromatic carbocycles. The van der Waals surface area contributed by atoms with Crippen LogP contribution in [0.4, 0.5) is 5.82 Å². The summed E-state index contributed by atoms with van der Waals surface area (Å²) >= 11 is 0. The molecule has 32 heavy (non-hydrogen) atoms. The third-order valence-corrected chi connectivity index (χ3v) is 7.08. The molecule has 1 N–H and O–H groups in total. The Labute approximate surface area is 187 Å². The molecule has 0 radical (unpaired) electrons. The lowest BCUT2D eigenvalue weighted by atomic mass is 10.1. The molecular weight excluding hydrogens is 420 g/mol. The molecule has 0 bridgehead atoms. The fourth-order valence-electron chi connectivity index (χ4n) is 3.36. The summed E-state index contributed by atoms with van der Waals surface area (Å²) in [6, 6.07) is 23.6. The highest BCUT2D eigenvalue weighted by atomic mass is 32.2. The zero-order chi connectivity index (χ0) is 22.7. The van der Waals surface area contributed by atoms with E-state index in [1.807, 2.05) is 50.2 Å². The number of nitrogens with zero attached hydrogens (tertiary/aromatic N) is 3. The van der Waals surface area contributed by atoms with Gasteiger partial charge in [-0.25, -0.2) is 18.4 Å². The molecule has 0 fully saturated rings. The largest absolute Gasteiger partial charge is 0.364 e. The summed E-state index contributed by atoms with van der Waals surface area (Å²) in [4.78, 5) is 9.24. The van der Waals surface area contributed by atoms with Crippen molar-refractivity contribution in [3.05, 3.63) is 95.2 Å². The third-order valence-electron chi connectivity index (χ3n) is 5.20. The Balaban J connectivity index is 1.79. The number of sulfone groups is 1. The van der Waals surface area contributed by atoms with Crippen molar-refractivity contribution < 1.29 is 8.42 Å². The molecule has 0 aliphatic rings. The second-order valence-corrected chi connectivity index (χ2v) is 9.69. The summed E-state index contributed by atoms with van der Waals surface area (Å²) < 4.78 is 26.7. The second kappa shape index (κ2) is 8.77. The summed E-state index contributed by atoms with van der Waals surface area (Å²) in [6.07, 6.45) is 0. The van der Waals surface area contributed by atoms with Crippen LogP contribution in [0.3, 0.4) is 0 Å². The second-order valence-electron chi connectivity index (χ2n) is 7.65. The van der Waals surface area contributed by atoms with Crippen LogP contribution in [0, 0.1) is 25.2 Å². The molecule has 1 aromatic heterocycles. The van der Waals surface area contributed by atoms with E-state index in [9.17, 15) is 13.7 Å². The van der Waals surface area contributed by atoms with Gasteiger partial charge in [0, 0.05) is 6.54 Å². The molecule has 1 atom stereocenters. The van der Waals surface area contributed by atoms with Gasteiger partial charge in [0.2, 0.25) is 9.84 Å². The summed E-state index contributed by atoms with van der Waals surface area (Å²) in [5, 5.41) is 11.6. The first-order valence-electron chi connectivity index (χ1n) is 10.1. The minimum absolute atomic E-state index is 0.0779. The predicted molar refractivity (Wildman–Crippen MR) is 125 cm³/mol. The highest BCUT2D eigenvalue weighted by Crippen LogP contribution is 2.32. The molecule has 160 valence electrons. The highest BCUT2D eigenvalue weighted by molar-refractivity contribution is 7.92. The molecule has 1 heterocycles. The topological polar surface area (TPSA) is 95.7 Å². The summed E-state index contributed by atoms with van der Waals surface area (Å²) in [7, 11) is -4.00. The van der Waals surface area contributed by atoms with Crippen molar-refractivity contribution in [1.29, 1.82) is 5.26 Å². The van der Waals surface area contributed by atoms with Gasteiger partial charge in [-0.15, -0.1) is 0 Å². The maximum atomic E-state index is 13.4. The van der Waals surface area contributed by atoms with Gasteiger partial charge >= 0.3 is 0 Å². The van der Waals surface area contributed by atoms with Gasteiger partial charge in [0.15, 0.2) is 11.1 Å². The van der Waals surface area contributed by atoms with Gasteiger partial charge in [0.1, 0.15) is 5.69 Å². The normalized spacial score (nSPS) is 12.3. The molecular formula is C25H22N4O2S. The predicted octanol–water partition coefficient (Wildman–Crippen LogP) is 4.90. The molecule has 0 aliphatic heterocycles. The number of benzene rings is 3. The first-order chi connectivity index (χ1) is 15.4. The molecule has 0 amide bonds. The van der Waals surface area contributed by atoms with Crippen LogP contribution >= 0.6 is 0 Å². The Morgan fingerprint density at radius 3 is 2.03 bits per heavy atom. The number of hydrogen-bond acceptors (Lipinski definition) is 6. The molecule has 0 saturated heterocycles. The van der Waals surface area contributed by atoms with E-state index < -0.39 is 15.1 Å². The molecule has 0 saturated carbocycles. The van der Waals surface area contributed by atoms with Crippen LogP contribution in [-0.4, -0.2) is 18.4 Å². The lowest BCUT2D eigenvalue weighted by molar-refractivity contribution is 0.590. The summed E-state index contributed by atoms with van der Waals surface area (Å²) in [6.45, 7) is 4.31. The number of rotatable bonds is 6. The van der Waals surface area contributed by atoms with Gasteiger partial charge in [0.25, 0.3) is 0 Å². The minimum Gasteiger partial charge on any atom is -0.364 e. The lowest BCUT2D eigenvalue weighted by Gasteiger charge is -2.16. The number of para-hydroxylation sites is 2. The number of hydrogen-bond donors (Lipinski definition) is 1. The Morgan fingerprint density at radius 1 is 0.875 bits per heavy atom. The average Bonchev–Trinajstić information content (AvgIpc) is 2.79. The van der Waals surface area contributed by atoms with E-state index >= 15 is 0 Å². The van der Waals surface area contributed by atoms with Gasteiger partial charge in [-0.3, -0.25) is 0 Å². The Hall–Kier alpha value is -3.76. The molecule has 4 rings (SSSR count). The van der Waals surface area contributed by atoms with Gasteiger partial charge in [-0.1, -0.05) is 59.7 Å². The summed E-state index contributed by atoms with van der Waals surface area (Å²) in [5.41, 5.74) is 4.33. The fourth-order valence-corrected chi connectivity index (χ4v) is 4.74. The van der Waals surface area contributed by atoms with Crippen LogP contribution in [0.5, 0.6) is 0 Å². The van der Waals surface area contributed by atoms with Crippen molar-refractivity contribution in [2.24, 2.45) is 0 Å². The quantitative estimate of drug-likeness (QED) is 0.456. The van der Waals surface area contributed by atoms with Crippen LogP contribution in [0.25, 0.3) is 11.0 Å². The fraction of sp³-hybridized carbons (Fsp3) is 0.160. The number of aromatic nitrogens is 2. The third kappa shape index (κ3) is 4.32. The number of anilines is 1. The van der Waals surface area contributed by atoms with E-state index in [0.717, 1.165) is 16.7 Å². The average molecular weight is 443 g/mol. The van der Waals surface area contributed by atoms with Crippen molar-refractivity contribution in [2.75, 3.05) is 5.32 Å². The maximum absolute atomic E-state index is 13.4. The summed E-state index contributed by atoms with van der Waals surface area (Å²) in [5.74, 6) is 0.284. The standard InChI is InChI=1S/C25H22N4O2S/c1-17-7-11-19(12-8-17)16-27-25-24(28-21-5-3-4-6-22(21)29-25)23(15-26)32(30,31)20-13-9-18(2)10-14-20/h3-14,23H,16H2,1-2H3,(H,27,29)/t23-/m1/s1. The Morgan fingerprint density at radius 2 is 1.44 bits per heavy atom. The molecule has 0 spiro atoms. The number of nitriles is 1. The van der Waals surface area contributed by atoms with Gasteiger partial charge in [-0.05, 0) is 43.7 Å². The van der Waals surface area contributed by atoms with Crippen molar-refractivity contribution in [1.82, 2.24) is 9.97 Å². The van der Waals surface area contributed by atoms with Gasteiger partial charge in [-0.2, -0.15) is 5.26 Å². The number of aryl methyl sites for hydroxylation is 2. The minimum atomic E-state index is -4.00. The monoisotopic (exact) mass is 442 g/mol. The van der Waals surface area contributed by atoms with Crippen LogP contribution < -0.4 is 5.32 Å². The van der Waals surface area contributed by atoms with E-state index in [2.05, 4.69) is 15.3 Å². The highest BCUT2D eigenvalue weighted by Gasteiger charge is 2.33. The zero-order valence-corrected chi connectivity index (χ0v) is 18.6. The van der Waals surface area contributed by atoms with Crippen molar-refractivity contribution in [3.8, 4) is 6.07 Å². The smallest absolute Gasteiger partial charge is 0.200 e. The SMILES string of the molecule is Cc1ccc(CNc2nc3ccccc3nc2[C@@H](C#N)S(=O)(=O)c2ccc(C)cc2)cc1. The van der Waals surface area contributed by atoms with Crippen molar-refractivity contribution >= 4 is 26.7 Å². The molecule has 0 unspecified atom stereocenters. The van der Waals surface area contributed by atoms with E-state index in [0.29, 0.717) is 17.6 Å². The Bertz CT molecular complexity index is 1410. The van der Waals surface area contributed by atoms with Crippen LogP contribution in [0.2, 0.25) is 0 Å². The number of nitrogens with one attached hydrogen (secondary N) is 1. The van der Waals surface area contributed by atoms with Crippen LogP contribution in [-0.2, 0) is 16.4 Å². The van der Waals surface area contributed by atoms with E-state index in [4.69, 9.17) is 0 Å². The van der Waals surface area contributed by atoms with Crippen molar-refractivity contribution in [2.45, 2.75) is 30.5 Å². The van der Waals surface area contributed by atoms with Crippen LogP contribution in [0.1, 0.15) is 27.6 Å². The molecule has 0 aliphatic carbocycles. The first-order valence-corrected chi connectivity index (χ1v) is 11.7. The van der Waals surface area contributed by atoms with Gasteiger partial charge in [0.05, 0.1) is 22.0 Å². The lowest BCUT2D eigenvalue weighted by Crippen LogP contribution is -2.17. The van der Waals surface area contributed by atoms with Crippen molar-refractivity contribution in [3.63, 3.8) is 0 Å².